The fourth-order valence-electron chi connectivity index (χ4n) is 1.96. The van der Waals surface area contributed by atoms with Gasteiger partial charge in [0.05, 0.1) is 11.6 Å². The second kappa shape index (κ2) is 3.78. The zero-order valence-electron chi connectivity index (χ0n) is 8.07. The lowest BCUT2D eigenvalue weighted by Crippen LogP contribution is -2.18. The number of carbonyl (C=O) groups excluding carboxylic acids is 1. The number of anilines is 1. The normalized spacial score (nSPS) is 22.3. The average Bonchev–Trinajstić information content (AvgIpc) is 2.18. The highest BCUT2D eigenvalue weighted by atomic mass is 16.1. The summed E-state index contributed by atoms with van der Waals surface area (Å²) in [6.45, 7) is 0. The van der Waals surface area contributed by atoms with Gasteiger partial charge in [0.25, 0.3) is 0 Å². The maximum absolute atomic E-state index is 11.6. The molecule has 0 spiro atoms. The fraction of sp³-hybridized carbons (Fsp3) is 0.455. The van der Waals surface area contributed by atoms with Gasteiger partial charge in [-0.2, -0.15) is 0 Å². The second-order valence-corrected chi connectivity index (χ2v) is 3.75. The van der Waals surface area contributed by atoms with Crippen LogP contribution in [0, 0.1) is 0 Å². The van der Waals surface area contributed by atoms with Crippen molar-refractivity contribution in [1.82, 2.24) is 4.98 Å². The van der Waals surface area contributed by atoms with Gasteiger partial charge in [0.15, 0.2) is 0 Å². The molecule has 74 valence electrons. The van der Waals surface area contributed by atoms with Gasteiger partial charge in [-0.05, 0) is 25.0 Å². The van der Waals surface area contributed by atoms with E-state index in [-0.39, 0.29) is 5.92 Å². The zero-order valence-corrected chi connectivity index (χ0v) is 8.07. The van der Waals surface area contributed by atoms with Crippen molar-refractivity contribution in [3.05, 3.63) is 23.9 Å². The summed E-state index contributed by atoms with van der Waals surface area (Å²) in [4.78, 5) is 15.8. The van der Waals surface area contributed by atoms with E-state index in [1.165, 1.54) is 0 Å². The van der Waals surface area contributed by atoms with Crippen molar-refractivity contribution >= 4 is 11.6 Å². The maximum Gasteiger partial charge on any atom is 0.141 e. The Kier molecular flexibility index (Phi) is 2.48. The van der Waals surface area contributed by atoms with Crippen molar-refractivity contribution in [2.24, 2.45) is 0 Å². The van der Waals surface area contributed by atoms with Crippen LogP contribution in [0.1, 0.15) is 37.3 Å². The number of hydrogen-bond donors (Lipinski definition) is 1. The first kappa shape index (κ1) is 9.19. The van der Waals surface area contributed by atoms with Crippen LogP contribution in [0.2, 0.25) is 0 Å². The molecule has 1 atom stereocenters. The number of nitrogens with two attached hydrogens (primary N) is 1. The number of nitrogens with zero attached hydrogens (tertiary/aromatic N) is 1. The Morgan fingerprint density at radius 2 is 2.21 bits per heavy atom. The molecule has 0 radical (unpaired) electrons. The molecule has 1 aliphatic carbocycles. The highest BCUT2D eigenvalue weighted by Gasteiger charge is 2.24. The number of hydrogen-bond acceptors (Lipinski definition) is 3. The van der Waals surface area contributed by atoms with E-state index in [2.05, 4.69) is 4.98 Å². The number of rotatable bonds is 1. The molecular formula is C11H14N2O. The van der Waals surface area contributed by atoms with Crippen LogP contribution in [0.4, 0.5) is 5.82 Å². The van der Waals surface area contributed by atoms with Gasteiger partial charge in [-0.15, -0.1) is 0 Å². The highest BCUT2D eigenvalue weighted by molar-refractivity contribution is 5.85. The molecule has 14 heavy (non-hydrogen) atoms. The molecule has 1 fully saturated rings. The lowest BCUT2D eigenvalue weighted by Gasteiger charge is -2.19. The van der Waals surface area contributed by atoms with Gasteiger partial charge in [0.2, 0.25) is 0 Å². The quantitative estimate of drug-likeness (QED) is 0.735. The van der Waals surface area contributed by atoms with Gasteiger partial charge >= 0.3 is 0 Å². The predicted molar refractivity (Wildman–Crippen MR) is 54.9 cm³/mol. The number of pyridine rings is 1. The van der Waals surface area contributed by atoms with E-state index in [9.17, 15) is 4.79 Å². The summed E-state index contributed by atoms with van der Waals surface area (Å²) in [5, 5.41) is 0. The fourth-order valence-corrected chi connectivity index (χ4v) is 1.96. The lowest BCUT2D eigenvalue weighted by molar-refractivity contribution is -0.121. The van der Waals surface area contributed by atoms with Crippen LogP contribution in [0.3, 0.4) is 0 Å². The topological polar surface area (TPSA) is 56.0 Å². The maximum atomic E-state index is 11.6. The van der Waals surface area contributed by atoms with Crippen molar-refractivity contribution < 1.29 is 4.79 Å². The Bertz CT molecular complexity index is 349. The van der Waals surface area contributed by atoms with Crippen LogP contribution in [0.5, 0.6) is 0 Å². The van der Waals surface area contributed by atoms with Crippen molar-refractivity contribution in [3.8, 4) is 0 Å². The number of aromatic nitrogens is 1. The van der Waals surface area contributed by atoms with E-state index >= 15 is 0 Å². The Labute approximate surface area is 83.3 Å². The Morgan fingerprint density at radius 3 is 2.93 bits per heavy atom. The van der Waals surface area contributed by atoms with Gasteiger partial charge in [-0.1, -0.05) is 12.5 Å². The van der Waals surface area contributed by atoms with E-state index in [4.69, 9.17) is 5.73 Å². The third kappa shape index (κ3) is 1.76. The summed E-state index contributed by atoms with van der Waals surface area (Å²) in [6.07, 6.45) is 3.76. The first-order valence-electron chi connectivity index (χ1n) is 5.02. The second-order valence-electron chi connectivity index (χ2n) is 3.75. The molecule has 0 aromatic carbocycles. The molecule has 1 aromatic rings. The van der Waals surface area contributed by atoms with Crippen molar-refractivity contribution in [1.29, 1.82) is 0 Å². The molecule has 1 heterocycles. The van der Waals surface area contributed by atoms with Gasteiger partial charge in [-0.3, -0.25) is 4.79 Å². The first-order chi connectivity index (χ1) is 6.77. The molecule has 1 aliphatic rings. The van der Waals surface area contributed by atoms with Crippen LogP contribution in [-0.4, -0.2) is 10.8 Å². The van der Waals surface area contributed by atoms with E-state index in [1.54, 1.807) is 6.07 Å². The molecule has 0 bridgehead atoms. The van der Waals surface area contributed by atoms with Gasteiger partial charge in [0, 0.05) is 6.42 Å². The van der Waals surface area contributed by atoms with E-state index in [0.29, 0.717) is 18.0 Å². The SMILES string of the molecule is Nc1cccc(C2CCCCC2=O)n1. The smallest absolute Gasteiger partial charge is 0.141 e. The molecule has 0 saturated heterocycles. The Balaban J connectivity index is 2.24. The van der Waals surface area contributed by atoms with Crippen LogP contribution < -0.4 is 5.73 Å². The summed E-state index contributed by atoms with van der Waals surface area (Å²) in [7, 11) is 0. The van der Waals surface area contributed by atoms with Crippen molar-refractivity contribution in [3.63, 3.8) is 0 Å². The molecule has 3 heteroatoms. The minimum absolute atomic E-state index is 0.00718. The molecule has 1 saturated carbocycles. The van der Waals surface area contributed by atoms with Gasteiger partial charge in [0.1, 0.15) is 11.6 Å². The standard InChI is InChI=1S/C11H14N2O/c12-11-7-3-5-9(13-11)8-4-1-2-6-10(8)14/h3,5,7-8H,1-2,4,6H2,(H2,12,13). The Morgan fingerprint density at radius 1 is 1.36 bits per heavy atom. The third-order valence-corrected chi connectivity index (χ3v) is 2.70. The third-order valence-electron chi connectivity index (χ3n) is 2.70. The number of carbonyl (C=O) groups is 1. The molecule has 1 aromatic heterocycles. The molecule has 2 rings (SSSR count). The van der Waals surface area contributed by atoms with Crippen molar-refractivity contribution in [2.75, 3.05) is 5.73 Å². The minimum atomic E-state index is -0.00718. The van der Waals surface area contributed by atoms with E-state index in [1.807, 2.05) is 12.1 Å². The van der Waals surface area contributed by atoms with Crippen LogP contribution in [0.25, 0.3) is 0 Å². The molecule has 0 aliphatic heterocycles. The van der Waals surface area contributed by atoms with Gasteiger partial charge < -0.3 is 5.73 Å². The zero-order chi connectivity index (χ0) is 9.97. The van der Waals surface area contributed by atoms with Crippen LogP contribution in [0.15, 0.2) is 18.2 Å². The summed E-state index contributed by atoms with van der Waals surface area (Å²) >= 11 is 0. The summed E-state index contributed by atoms with van der Waals surface area (Å²) < 4.78 is 0. The molecule has 3 nitrogen and oxygen atoms in total. The molecule has 1 unspecified atom stereocenters. The Hall–Kier alpha value is -1.38. The minimum Gasteiger partial charge on any atom is -0.384 e. The van der Waals surface area contributed by atoms with E-state index < -0.39 is 0 Å². The largest absolute Gasteiger partial charge is 0.384 e. The molecule has 0 amide bonds. The van der Waals surface area contributed by atoms with Crippen molar-refractivity contribution in [2.45, 2.75) is 31.6 Å². The molecule has 2 N–H and O–H groups in total. The summed E-state index contributed by atoms with van der Waals surface area (Å²) in [5.74, 6) is 0.808. The van der Waals surface area contributed by atoms with Gasteiger partial charge in [-0.25, -0.2) is 4.98 Å². The monoisotopic (exact) mass is 190 g/mol. The summed E-state index contributed by atoms with van der Waals surface area (Å²) in [6, 6.07) is 5.50. The highest BCUT2D eigenvalue weighted by Crippen LogP contribution is 2.28. The first-order valence-corrected chi connectivity index (χ1v) is 5.02. The average molecular weight is 190 g/mol. The lowest BCUT2D eigenvalue weighted by atomic mass is 9.85. The van der Waals surface area contributed by atoms with Crippen LogP contribution >= 0.6 is 0 Å². The van der Waals surface area contributed by atoms with E-state index in [0.717, 1.165) is 25.0 Å². The number of nitrogen functional groups attached to an aromatic ring is 1. The van der Waals surface area contributed by atoms with Crippen LogP contribution in [-0.2, 0) is 4.79 Å². The summed E-state index contributed by atoms with van der Waals surface area (Å²) in [5.41, 5.74) is 6.43. The molecular weight excluding hydrogens is 176 g/mol. The number of ketones is 1. The predicted octanol–water partition coefficient (Wildman–Crippen LogP) is 1.89. The number of Topliss-reactive ketones (excluding diaryl/α,β-unsaturated/α-hetero) is 1.